The lowest BCUT2D eigenvalue weighted by molar-refractivity contribution is 0.115. The minimum absolute atomic E-state index is 0.223. The largest absolute Gasteiger partial charge is 0.394 e. The second kappa shape index (κ2) is 10.4. The molecular formula is C22H28N2O2S. The Hall–Kier alpha value is -1.92. The molecule has 27 heavy (non-hydrogen) atoms. The summed E-state index contributed by atoms with van der Waals surface area (Å²) in [5.74, 6) is 0. The van der Waals surface area contributed by atoms with Gasteiger partial charge in [-0.15, -0.1) is 12.6 Å². The molecule has 0 aliphatic heterocycles. The first-order valence-electron chi connectivity index (χ1n) is 9.12. The van der Waals surface area contributed by atoms with Gasteiger partial charge in [-0.2, -0.15) is 0 Å². The molecular weight excluding hydrogens is 356 g/mol. The first-order valence-corrected chi connectivity index (χ1v) is 9.64. The lowest BCUT2D eigenvalue weighted by Gasteiger charge is -2.24. The highest BCUT2D eigenvalue weighted by atomic mass is 32.1. The second-order valence-corrected chi connectivity index (χ2v) is 6.95. The highest BCUT2D eigenvalue weighted by molar-refractivity contribution is 7.83. The van der Waals surface area contributed by atoms with Crippen LogP contribution in [0, 0.1) is 0 Å². The molecule has 0 spiro atoms. The van der Waals surface area contributed by atoms with E-state index in [1.54, 1.807) is 5.41 Å². The number of hydrogen-bond acceptors (Lipinski definition) is 5. The van der Waals surface area contributed by atoms with E-state index < -0.39 is 5.54 Å². The fourth-order valence-corrected chi connectivity index (χ4v) is 2.89. The number of aryl methyl sites for hydroxylation is 1. The van der Waals surface area contributed by atoms with Crippen LogP contribution in [0.5, 0.6) is 0 Å². The maximum absolute atomic E-state index is 9.28. The maximum Gasteiger partial charge on any atom is 0.0758 e. The third-order valence-corrected chi connectivity index (χ3v) is 4.79. The van der Waals surface area contributed by atoms with Crippen LogP contribution in [0.15, 0.2) is 58.9 Å². The van der Waals surface area contributed by atoms with Crippen molar-refractivity contribution in [1.82, 2.24) is 0 Å². The zero-order valence-corrected chi connectivity index (χ0v) is 16.6. The zero-order valence-electron chi connectivity index (χ0n) is 15.7. The second-order valence-electron chi connectivity index (χ2n) is 6.69. The van der Waals surface area contributed by atoms with E-state index in [1.165, 1.54) is 0 Å². The molecule has 2 aromatic rings. The highest BCUT2D eigenvalue weighted by Crippen LogP contribution is 2.24. The predicted octanol–water partition coefficient (Wildman–Crippen LogP) is 3.68. The maximum atomic E-state index is 9.28. The lowest BCUT2D eigenvalue weighted by atomic mass is 9.93. The standard InChI is InChI=1S/C22H28N2O2S/c1-2-13-24-21(14-27)20-9-7-19(8-10-20)18-5-3-17(4-6-18)11-12-22(23,15-25)16-26/h3-10,13-14,25-27H,2,11-12,15-16,23H2,1H3/b21-14-,24-13?. The van der Waals surface area contributed by atoms with Gasteiger partial charge in [0.2, 0.25) is 0 Å². The minimum atomic E-state index is -0.924. The van der Waals surface area contributed by atoms with E-state index in [1.807, 2.05) is 25.3 Å². The number of aliphatic imine (C=N–C) groups is 1. The summed E-state index contributed by atoms with van der Waals surface area (Å²) in [4.78, 5) is 4.41. The molecule has 2 rings (SSSR count). The van der Waals surface area contributed by atoms with Crippen LogP contribution in [0.4, 0.5) is 0 Å². The van der Waals surface area contributed by atoms with Gasteiger partial charge in [-0.25, -0.2) is 0 Å². The number of aliphatic hydroxyl groups is 2. The van der Waals surface area contributed by atoms with Gasteiger partial charge < -0.3 is 15.9 Å². The third-order valence-electron chi connectivity index (χ3n) is 4.54. The Morgan fingerprint density at radius 1 is 1.04 bits per heavy atom. The van der Waals surface area contributed by atoms with Gasteiger partial charge in [0.05, 0.1) is 24.4 Å². The summed E-state index contributed by atoms with van der Waals surface area (Å²) in [5, 5.41) is 20.3. The van der Waals surface area contributed by atoms with Crippen molar-refractivity contribution in [1.29, 1.82) is 0 Å². The average molecular weight is 385 g/mol. The third kappa shape index (κ3) is 6.04. The molecule has 0 heterocycles. The SMILES string of the molecule is CCC=N/C(=C\S)c1ccc(-c2ccc(CCC(N)(CO)CO)cc2)cc1. The molecule has 0 unspecified atom stereocenters. The Labute approximate surface area is 166 Å². The minimum Gasteiger partial charge on any atom is -0.394 e. The quantitative estimate of drug-likeness (QED) is 0.393. The van der Waals surface area contributed by atoms with Crippen molar-refractivity contribution in [3.8, 4) is 11.1 Å². The Kier molecular flexibility index (Phi) is 8.25. The first kappa shape index (κ1) is 21.4. The normalized spacial score (nSPS) is 12.7. The van der Waals surface area contributed by atoms with E-state index in [9.17, 15) is 10.2 Å². The van der Waals surface area contributed by atoms with Gasteiger partial charge in [0, 0.05) is 11.8 Å². The Bertz CT molecular complexity index is 764. The lowest BCUT2D eigenvalue weighted by Crippen LogP contribution is -2.47. The monoisotopic (exact) mass is 384 g/mol. The molecule has 2 aromatic carbocycles. The number of rotatable bonds is 9. The van der Waals surface area contributed by atoms with Crippen molar-refractivity contribution in [3.63, 3.8) is 0 Å². The molecule has 0 atom stereocenters. The molecule has 4 N–H and O–H groups in total. The molecule has 0 aliphatic carbocycles. The summed E-state index contributed by atoms with van der Waals surface area (Å²) in [6.07, 6.45) is 4.00. The topological polar surface area (TPSA) is 78.8 Å². The van der Waals surface area contributed by atoms with Gasteiger partial charge in [-0.3, -0.25) is 4.99 Å². The van der Waals surface area contributed by atoms with Gasteiger partial charge in [0.15, 0.2) is 0 Å². The number of nitrogens with zero attached hydrogens (tertiary/aromatic N) is 1. The average Bonchev–Trinajstić information content (AvgIpc) is 2.73. The molecule has 0 aliphatic rings. The van der Waals surface area contributed by atoms with E-state index in [2.05, 4.69) is 54.0 Å². The number of hydrogen-bond donors (Lipinski definition) is 4. The van der Waals surface area contributed by atoms with Crippen LogP contribution >= 0.6 is 12.6 Å². The van der Waals surface area contributed by atoms with E-state index >= 15 is 0 Å². The molecule has 144 valence electrons. The highest BCUT2D eigenvalue weighted by Gasteiger charge is 2.22. The summed E-state index contributed by atoms with van der Waals surface area (Å²) in [7, 11) is 0. The van der Waals surface area contributed by atoms with Gasteiger partial charge in [0.25, 0.3) is 0 Å². The van der Waals surface area contributed by atoms with E-state index in [0.29, 0.717) is 12.8 Å². The van der Waals surface area contributed by atoms with E-state index in [0.717, 1.165) is 34.4 Å². The molecule has 0 amide bonds. The number of aliphatic hydroxyl groups excluding tert-OH is 2. The molecule has 5 heteroatoms. The van der Waals surface area contributed by atoms with Gasteiger partial charge in [-0.1, -0.05) is 55.5 Å². The molecule has 0 bridgehead atoms. The van der Waals surface area contributed by atoms with Gasteiger partial charge in [0.1, 0.15) is 0 Å². The Morgan fingerprint density at radius 2 is 1.59 bits per heavy atom. The summed E-state index contributed by atoms with van der Waals surface area (Å²) in [6.45, 7) is 1.60. The van der Waals surface area contributed by atoms with Gasteiger partial charge >= 0.3 is 0 Å². The number of nitrogens with two attached hydrogens (primary N) is 1. The Balaban J connectivity index is 2.08. The van der Waals surface area contributed by atoms with E-state index in [-0.39, 0.29) is 13.2 Å². The zero-order chi connectivity index (χ0) is 19.7. The molecule has 4 nitrogen and oxygen atoms in total. The molecule has 0 fully saturated rings. The molecule has 0 saturated heterocycles. The number of thiol groups is 1. The van der Waals surface area contributed by atoms with Crippen LogP contribution in [-0.4, -0.2) is 35.2 Å². The first-order chi connectivity index (χ1) is 13.0. The fraction of sp³-hybridized carbons (Fsp3) is 0.318. The molecule has 0 aromatic heterocycles. The summed E-state index contributed by atoms with van der Waals surface area (Å²) < 4.78 is 0. The van der Waals surface area contributed by atoms with Crippen molar-refractivity contribution >= 4 is 24.5 Å². The van der Waals surface area contributed by atoms with Crippen molar-refractivity contribution in [2.75, 3.05) is 13.2 Å². The summed E-state index contributed by atoms with van der Waals surface area (Å²) in [5.41, 5.74) is 10.3. The predicted molar refractivity (Wildman–Crippen MR) is 117 cm³/mol. The van der Waals surface area contributed by atoms with Crippen LogP contribution in [-0.2, 0) is 6.42 Å². The van der Waals surface area contributed by atoms with Crippen LogP contribution in [0.2, 0.25) is 0 Å². The molecule has 0 radical (unpaired) electrons. The van der Waals surface area contributed by atoms with Crippen LogP contribution in [0.3, 0.4) is 0 Å². The van der Waals surface area contributed by atoms with Crippen LogP contribution < -0.4 is 5.73 Å². The van der Waals surface area contributed by atoms with Crippen LogP contribution in [0.1, 0.15) is 30.9 Å². The fourth-order valence-electron chi connectivity index (χ4n) is 2.67. The van der Waals surface area contributed by atoms with Crippen molar-refractivity contribution in [3.05, 3.63) is 65.1 Å². The van der Waals surface area contributed by atoms with Crippen LogP contribution in [0.25, 0.3) is 16.8 Å². The van der Waals surface area contributed by atoms with E-state index in [4.69, 9.17) is 5.73 Å². The summed E-state index contributed by atoms with van der Waals surface area (Å²) >= 11 is 4.24. The summed E-state index contributed by atoms with van der Waals surface area (Å²) in [6, 6.07) is 16.5. The number of benzene rings is 2. The molecule has 0 saturated carbocycles. The van der Waals surface area contributed by atoms with Crippen molar-refractivity contribution in [2.24, 2.45) is 10.7 Å². The smallest absolute Gasteiger partial charge is 0.0758 e. The van der Waals surface area contributed by atoms with Crippen molar-refractivity contribution < 1.29 is 10.2 Å². The Morgan fingerprint density at radius 3 is 2.07 bits per heavy atom. The van der Waals surface area contributed by atoms with Gasteiger partial charge in [-0.05, 0) is 41.4 Å². The van der Waals surface area contributed by atoms with Crippen molar-refractivity contribution in [2.45, 2.75) is 31.7 Å².